The summed E-state index contributed by atoms with van der Waals surface area (Å²) in [5.41, 5.74) is 9.29. The Balaban J connectivity index is 1.75. The Morgan fingerprint density at radius 1 is 1.21 bits per heavy atom. The molecule has 1 aromatic carbocycles. The van der Waals surface area contributed by atoms with Crippen molar-refractivity contribution >= 4 is 23.1 Å². The smallest absolute Gasteiger partial charge is 0.133 e. The highest BCUT2D eigenvalue weighted by atomic mass is 35.5. The molecule has 4 heteroatoms. The van der Waals surface area contributed by atoms with Crippen LogP contribution < -0.4 is 11.1 Å². The summed E-state index contributed by atoms with van der Waals surface area (Å²) in [5, 5.41) is 3.86. The average Bonchev–Trinajstić information content (AvgIpc) is 2.37. The van der Waals surface area contributed by atoms with Gasteiger partial charge in [-0.2, -0.15) is 0 Å². The predicted molar refractivity (Wildman–Crippen MR) is 79.5 cm³/mol. The van der Waals surface area contributed by atoms with Crippen molar-refractivity contribution in [2.75, 3.05) is 11.1 Å². The van der Waals surface area contributed by atoms with Crippen molar-refractivity contribution in [2.45, 2.75) is 25.3 Å². The molecule has 2 aromatic rings. The molecule has 0 radical (unpaired) electrons. The maximum atomic E-state index is 5.92. The zero-order valence-corrected chi connectivity index (χ0v) is 11.3. The van der Waals surface area contributed by atoms with Gasteiger partial charge in [0.2, 0.25) is 0 Å². The molecule has 1 aliphatic rings. The number of nitrogens with zero attached hydrogens (tertiary/aromatic N) is 1. The third-order valence-corrected chi connectivity index (χ3v) is 3.71. The number of aryl methyl sites for hydroxylation is 1. The summed E-state index contributed by atoms with van der Waals surface area (Å²) >= 11 is 5.92. The lowest BCUT2D eigenvalue weighted by Crippen LogP contribution is -2.27. The van der Waals surface area contributed by atoms with Crippen molar-refractivity contribution in [3.8, 4) is 0 Å². The lowest BCUT2D eigenvalue weighted by molar-refractivity contribution is 0.609. The van der Waals surface area contributed by atoms with Gasteiger partial charge in [0.15, 0.2) is 0 Å². The number of pyridine rings is 1. The van der Waals surface area contributed by atoms with Crippen LogP contribution >= 0.6 is 11.6 Å². The Kier molecular flexibility index (Phi) is 3.30. The van der Waals surface area contributed by atoms with Gasteiger partial charge < -0.3 is 11.1 Å². The second kappa shape index (κ2) is 5.10. The van der Waals surface area contributed by atoms with Gasteiger partial charge in [-0.05, 0) is 36.5 Å². The van der Waals surface area contributed by atoms with E-state index < -0.39 is 0 Å². The fourth-order valence-corrected chi connectivity index (χ4v) is 2.84. The van der Waals surface area contributed by atoms with E-state index in [-0.39, 0.29) is 0 Å². The highest BCUT2D eigenvalue weighted by molar-refractivity contribution is 6.29. The first kappa shape index (κ1) is 12.3. The number of aromatic nitrogens is 1. The first-order chi connectivity index (χ1) is 9.20. The standard InChI is InChI=1S/C15H16ClN3/c16-14-8-12(17)9-15(19-14)18-13-6-5-10-3-1-2-4-11(10)7-13/h1-4,8-9,13H,5-7H2,(H3,17,18,19). The lowest BCUT2D eigenvalue weighted by Gasteiger charge is -2.26. The molecule has 98 valence electrons. The Morgan fingerprint density at radius 3 is 2.79 bits per heavy atom. The van der Waals surface area contributed by atoms with Gasteiger partial charge in [0, 0.05) is 17.8 Å². The molecule has 1 atom stereocenters. The van der Waals surface area contributed by atoms with E-state index in [4.69, 9.17) is 17.3 Å². The highest BCUT2D eigenvalue weighted by Crippen LogP contribution is 2.24. The molecule has 3 nitrogen and oxygen atoms in total. The minimum absolute atomic E-state index is 0.389. The number of hydrogen-bond acceptors (Lipinski definition) is 3. The van der Waals surface area contributed by atoms with Gasteiger partial charge in [-0.15, -0.1) is 0 Å². The van der Waals surface area contributed by atoms with E-state index in [1.807, 2.05) is 6.07 Å². The Morgan fingerprint density at radius 2 is 2.00 bits per heavy atom. The van der Waals surface area contributed by atoms with E-state index in [0.717, 1.165) is 25.1 Å². The molecule has 0 bridgehead atoms. The van der Waals surface area contributed by atoms with Gasteiger partial charge in [-0.3, -0.25) is 0 Å². The maximum absolute atomic E-state index is 5.92. The van der Waals surface area contributed by atoms with Crippen LogP contribution in [0.1, 0.15) is 17.5 Å². The van der Waals surface area contributed by atoms with Crippen LogP contribution in [0.2, 0.25) is 5.15 Å². The van der Waals surface area contributed by atoms with E-state index in [1.54, 1.807) is 6.07 Å². The number of benzene rings is 1. The zero-order chi connectivity index (χ0) is 13.2. The molecular formula is C15H16ClN3. The van der Waals surface area contributed by atoms with Gasteiger partial charge in [0.05, 0.1) is 0 Å². The Labute approximate surface area is 117 Å². The quantitative estimate of drug-likeness (QED) is 0.826. The fraction of sp³-hybridized carbons (Fsp3) is 0.267. The third kappa shape index (κ3) is 2.82. The molecule has 0 amide bonds. The Bertz CT molecular complexity index is 577. The zero-order valence-electron chi connectivity index (χ0n) is 10.6. The lowest BCUT2D eigenvalue weighted by atomic mass is 9.88. The summed E-state index contributed by atoms with van der Waals surface area (Å²) in [7, 11) is 0. The van der Waals surface area contributed by atoms with Crippen LogP contribution in [-0.4, -0.2) is 11.0 Å². The van der Waals surface area contributed by atoms with Crippen molar-refractivity contribution in [1.29, 1.82) is 0 Å². The van der Waals surface area contributed by atoms with Gasteiger partial charge in [-0.25, -0.2) is 4.98 Å². The monoisotopic (exact) mass is 273 g/mol. The first-order valence-corrected chi connectivity index (χ1v) is 6.85. The van der Waals surface area contributed by atoms with Crippen LogP contribution in [0, 0.1) is 0 Å². The molecule has 0 aliphatic heterocycles. The predicted octanol–water partition coefficient (Wildman–Crippen LogP) is 3.29. The third-order valence-electron chi connectivity index (χ3n) is 3.52. The summed E-state index contributed by atoms with van der Waals surface area (Å²) in [6, 6.07) is 12.5. The molecule has 1 unspecified atom stereocenters. The largest absolute Gasteiger partial charge is 0.399 e. The number of rotatable bonds is 2. The number of halogens is 1. The van der Waals surface area contributed by atoms with Gasteiger partial charge in [0.1, 0.15) is 11.0 Å². The molecule has 1 aliphatic carbocycles. The molecule has 0 spiro atoms. The van der Waals surface area contributed by atoms with Crippen molar-refractivity contribution in [3.05, 3.63) is 52.7 Å². The number of anilines is 2. The molecular weight excluding hydrogens is 258 g/mol. The number of hydrogen-bond donors (Lipinski definition) is 2. The number of nitrogens with one attached hydrogen (secondary N) is 1. The van der Waals surface area contributed by atoms with Crippen LogP contribution in [0.4, 0.5) is 11.5 Å². The minimum atomic E-state index is 0.389. The second-order valence-corrected chi connectivity index (χ2v) is 5.35. The highest BCUT2D eigenvalue weighted by Gasteiger charge is 2.18. The number of fused-ring (bicyclic) bond motifs is 1. The Hall–Kier alpha value is -1.74. The second-order valence-electron chi connectivity index (χ2n) is 4.96. The topological polar surface area (TPSA) is 50.9 Å². The maximum Gasteiger partial charge on any atom is 0.133 e. The van der Waals surface area contributed by atoms with Crippen molar-refractivity contribution < 1.29 is 0 Å². The van der Waals surface area contributed by atoms with Crippen molar-refractivity contribution in [2.24, 2.45) is 0 Å². The fourth-order valence-electron chi connectivity index (χ4n) is 2.62. The van der Waals surface area contributed by atoms with Crippen LogP contribution in [-0.2, 0) is 12.8 Å². The average molecular weight is 274 g/mol. The molecule has 3 N–H and O–H groups in total. The molecule has 1 heterocycles. The summed E-state index contributed by atoms with van der Waals surface area (Å²) in [5.74, 6) is 0.759. The van der Waals surface area contributed by atoms with Crippen LogP contribution in [0.15, 0.2) is 36.4 Å². The molecule has 0 saturated heterocycles. The van der Waals surface area contributed by atoms with Gasteiger partial charge in [0.25, 0.3) is 0 Å². The van der Waals surface area contributed by atoms with Crippen LogP contribution in [0.25, 0.3) is 0 Å². The molecule has 19 heavy (non-hydrogen) atoms. The summed E-state index contributed by atoms with van der Waals surface area (Å²) in [6.45, 7) is 0. The van der Waals surface area contributed by atoms with Crippen molar-refractivity contribution in [3.63, 3.8) is 0 Å². The number of nitrogens with two attached hydrogens (primary N) is 1. The normalized spacial score (nSPS) is 17.8. The summed E-state index contributed by atoms with van der Waals surface area (Å²) in [4.78, 5) is 4.26. The SMILES string of the molecule is Nc1cc(Cl)nc(NC2CCc3ccccc3C2)c1. The van der Waals surface area contributed by atoms with Gasteiger partial charge >= 0.3 is 0 Å². The minimum Gasteiger partial charge on any atom is -0.399 e. The molecule has 1 aromatic heterocycles. The van der Waals surface area contributed by atoms with E-state index in [1.165, 1.54) is 11.1 Å². The van der Waals surface area contributed by atoms with Crippen molar-refractivity contribution in [1.82, 2.24) is 4.98 Å². The van der Waals surface area contributed by atoms with Crippen LogP contribution in [0.5, 0.6) is 0 Å². The van der Waals surface area contributed by atoms with Crippen LogP contribution in [0.3, 0.4) is 0 Å². The van der Waals surface area contributed by atoms with E-state index in [0.29, 0.717) is 16.9 Å². The summed E-state index contributed by atoms with van der Waals surface area (Å²) < 4.78 is 0. The molecule has 3 rings (SSSR count). The first-order valence-electron chi connectivity index (χ1n) is 6.47. The van der Waals surface area contributed by atoms with E-state index in [9.17, 15) is 0 Å². The number of nitrogen functional groups attached to an aromatic ring is 1. The molecule has 0 saturated carbocycles. The van der Waals surface area contributed by atoms with E-state index in [2.05, 4.69) is 34.6 Å². The molecule has 0 fully saturated rings. The van der Waals surface area contributed by atoms with Gasteiger partial charge in [-0.1, -0.05) is 35.9 Å². The summed E-state index contributed by atoms with van der Waals surface area (Å²) in [6.07, 6.45) is 3.22. The van der Waals surface area contributed by atoms with E-state index >= 15 is 0 Å².